The Morgan fingerprint density at radius 2 is 1.95 bits per heavy atom. The molecule has 2 N–H and O–H groups in total. The molecule has 0 radical (unpaired) electrons. The van der Waals surface area contributed by atoms with Crippen molar-refractivity contribution in [1.29, 1.82) is 0 Å². The van der Waals surface area contributed by atoms with E-state index < -0.39 is 10.0 Å². The van der Waals surface area contributed by atoms with E-state index in [1.165, 1.54) is 10.4 Å². The molecular formula is C14H23BrN2O3S. The average molecular weight is 379 g/mol. The lowest BCUT2D eigenvalue weighted by molar-refractivity contribution is 0.163. The minimum Gasteiger partial charge on any atom is -0.399 e. The number of halogens is 1. The Morgan fingerprint density at radius 1 is 1.33 bits per heavy atom. The molecule has 0 atom stereocenters. The van der Waals surface area contributed by atoms with Crippen molar-refractivity contribution in [2.24, 2.45) is 0 Å². The van der Waals surface area contributed by atoms with Crippen LogP contribution in [0.1, 0.15) is 26.7 Å². The third-order valence-corrected chi connectivity index (χ3v) is 6.35. The number of rotatable bonds is 8. The van der Waals surface area contributed by atoms with Gasteiger partial charge in [0.25, 0.3) is 0 Å². The van der Waals surface area contributed by atoms with Gasteiger partial charge in [-0.15, -0.1) is 0 Å². The Labute approximate surface area is 135 Å². The molecular weight excluding hydrogens is 356 g/mol. The maximum Gasteiger partial charge on any atom is 0.244 e. The second-order valence-electron chi connectivity index (χ2n) is 4.77. The topological polar surface area (TPSA) is 72.6 Å². The van der Waals surface area contributed by atoms with Crippen molar-refractivity contribution in [2.75, 3.05) is 26.0 Å². The summed E-state index contributed by atoms with van der Waals surface area (Å²) in [6.07, 6.45) is 1.50. The number of hydrogen-bond acceptors (Lipinski definition) is 4. The minimum atomic E-state index is -3.62. The first-order chi connectivity index (χ1) is 9.88. The van der Waals surface area contributed by atoms with Crippen molar-refractivity contribution in [1.82, 2.24) is 4.31 Å². The Bertz CT molecular complexity index is 559. The second kappa shape index (κ2) is 8.12. The summed E-state index contributed by atoms with van der Waals surface area (Å²) in [5, 5.41) is 0. The molecule has 0 spiro atoms. The molecule has 7 heteroatoms. The first-order valence-electron chi connectivity index (χ1n) is 6.94. The molecule has 1 aromatic rings. The highest BCUT2D eigenvalue weighted by Gasteiger charge is 2.31. The zero-order valence-electron chi connectivity index (χ0n) is 12.7. The smallest absolute Gasteiger partial charge is 0.244 e. The largest absolute Gasteiger partial charge is 0.399 e. The van der Waals surface area contributed by atoms with Gasteiger partial charge in [0.05, 0.1) is 11.5 Å². The van der Waals surface area contributed by atoms with Crippen LogP contribution in [0.3, 0.4) is 0 Å². The third kappa shape index (κ3) is 4.42. The summed E-state index contributed by atoms with van der Waals surface area (Å²) in [5.41, 5.74) is 6.16. The summed E-state index contributed by atoms with van der Waals surface area (Å²) >= 11 is 3.30. The maximum atomic E-state index is 13.0. The van der Waals surface area contributed by atoms with Gasteiger partial charge in [0.2, 0.25) is 10.0 Å². The highest BCUT2D eigenvalue weighted by molar-refractivity contribution is 9.10. The molecule has 5 nitrogen and oxygen atoms in total. The van der Waals surface area contributed by atoms with Crippen LogP contribution in [0.4, 0.5) is 5.69 Å². The fourth-order valence-electron chi connectivity index (χ4n) is 2.22. The average Bonchev–Trinajstić information content (AvgIpc) is 2.45. The van der Waals surface area contributed by atoms with E-state index in [0.717, 1.165) is 12.8 Å². The molecule has 0 saturated carbocycles. The van der Waals surface area contributed by atoms with Crippen molar-refractivity contribution < 1.29 is 13.2 Å². The van der Waals surface area contributed by atoms with Crippen LogP contribution in [-0.2, 0) is 14.8 Å². The summed E-state index contributed by atoms with van der Waals surface area (Å²) in [6.45, 7) is 4.65. The highest BCUT2D eigenvalue weighted by Crippen LogP contribution is 2.29. The lowest BCUT2D eigenvalue weighted by Gasteiger charge is -2.29. The van der Waals surface area contributed by atoms with Gasteiger partial charge in [-0.25, -0.2) is 8.42 Å². The predicted octanol–water partition coefficient (Wildman–Crippen LogP) is 2.86. The number of ether oxygens (including phenoxy) is 1. The van der Waals surface area contributed by atoms with Crippen LogP contribution in [0, 0.1) is 0 Å². The summed E-state index contributed by atoms with van der Waals surface area (Å²) in [5.74, 6) is 0. The van der Waals surface area contributed by atoms with Crippen LogP contribution in [0.15, 0.2) is 27.6 Å². The number of nitrogens with two attached hydrogens (primary N) is 1. The maximum absolute atomic E-state index is 13.0. The standard InChI is InChI=1S/C14H23BrN2O3S/c1-4-12(5-2)17(8-9-20-3)21(18,19)14-10-11(16)6-7-13(14)15/h6-7,10,12H,4-5,8-9,16H2,1-3H3. The lowest BCUT2D eigenvalue weighted by Crippen LogP contribution is -2.41. The van der Waals surface area contributed by atoms with Crippen molar-refractivity contribution >= 4 is 31.6 Å². The van der Waals surface area contributed by atoms with E-state index in [1.54, 1.807) is 19.2 Å². The molecule has 0 saturated heterocycles. The Balaban J connectivity index is 3.28. The molecule has 1 rings (SSSR count). The molecule has 0 unspecified atom stereocenters. The molecule has 1 aromatic carbocycles. The van der Waals surface area contributed by atoms with Crippen molar-refractivity contribution in [3.63, 3.8) is 0 Å². The van der Waals surface area contributed by atoms with Crippen LogP contribution < -0.4 is 5.73 Å². The molecule has 0 bridgehead atoms. The molecule has 0 aliphatic heterocycles. The van der Waals surface area contributed by atoms with Gasteiger partial charge in [0, 0.05) is 29.9 Å². The van der Waals surface area contributed by atoms with E-state index in [4.69, 9.17) is 10.5 Å². The molecule has 120 valence electrons. The SMILES string of the molecule is CCC(CC)N(CCOC)S(=O)(=O)c1cc(N)ccc1Br. The van der Waals surface area contributed by atoms with Crippen LogP contribution >= 0.6 is 15.9 Å². The first-order valence-corrected chi connectivity index (χ1v) is 9.17. The van der Waals surface area contributed by atoms with Crippen LogP contribution in [0.2, 0.25) is 0 Å². The number of hydrogen-bond donors (Lipinski definition) is 1. The van der Waals surface area contributed by atoms with Gasteiger partial charge in [-0.1, -0.05) is 13.8 Å². The van der Waals surface area contributed by atoms with Gasteiger partial charge in [0.1, 0.15) is 0 Å². The normalized spacial score (nSPS) is 12.3. The number of benzene rings is 1. The molecule has 0 amide bonds. The van der Waals surface area contributed by atoms with Crippen LogP contribution in [0.5, 0.6) is 0 Å². The van der Waals surface area contributed by atoms with Gasteiger partial charge in [-0.3, -0.25) is 0 Å². The number of nitrogen functional groups attached to an aromatic ring is 1. The summed E-state index contributed by atoms with van der Waals surface area (Å²) < 4.78 is 33.0. The second-order valence-corrected chi connectivity index (χ2v) is 7.48. The van der Waals surface area contributed by atoms with E-state index in [1.807, 2.05) is 13.8 Å². The number of methoxy groups -OCH3 is 1. The first kappa shape index (κ1) is 18.4. The van der Waals surface area contributed by atoms with Gasteiger partial charge in [-0.05, 0) is 47.0 Å². The highest BCUT2D eigenvalue weighted by atomic mass is 79.9. The van der Waals surface area contributed by atoms with Gasteiger partial charge < -0.3 is 10.5 Å². The van der Waals surface area contributed by atoms with Crippen LogP contribution in [0.25, 0.3) is 0 Å². The zero-order chi connectivity index (χ0) is 16.0. The molecule has 0 heterocycles. The van der Waals surface area contributed by atoms with Gasteiger partial charge >= 0.3 is 0 Å². The minimum absolute atomic E-state index is 0.0570. The number of anilines is 1. The fraction of sp³-hybridized carbons (Fsp3) is 0.571. The van der Waals surface area contributed by atoms with Gasteiger partial charge in [0.15, 0.2) is 0 Å². The van der Waals surface area contributed by atoms with Gasteiger partial charge in [-0.2, -0.15) is 4.31 Å². The molecule has 21 heavy (non-hydrogen) atoms. The van der Waals surface area contributed by atoms with Crippen molar-refractivity contribution in [3.8, 4) is 0 Å². The number of nitrogens with zero attached hydrogens (tertiary/aromatic N) is 1. The number of sulfonamides is 1. The zero-order valence-corrected chi connectivity index (χ0v) is 15.1. The van der Waals surface area contributed by atoms with E-state index in [9.17, 15) is 8.42 Å². The van der Waals surface area contributed by atoms with E-state index >= 15 is 0 Å². The lowest BCUT2D eigenvalue weighted by atomic mass is 10.2. The Kier molecular flexibility index (Phi) is 7.12. The fourth-order valence-corrected chi connectivity index (χ4v) is 4.94. The van der Waals surface area contributed by atoms with E-state index in [-0.39, 0.29) is 10.9 Å². The van der Waals surface area contributed by atoms with E-state index in [2.05, 4.69) is 15.9 Å². The third-order valence-electron chi connectivity index (χ3n) is 3.41. The summed E-state index contributed by atoms with van der Waals surface area (Å²) in [6, 6.07) is 4.75. The summed E-state index contributed by atoms with van der Waals surface area (Å²) in [4.78, 5) is 0.200. The quantitative estimate of drug-likeness (QED) is 0.705. The summed E-state index contributed by atoms with van der Waals surface area (Å²) in [7, 11) is -2.06. The van der Waals surface area contributed by atoms with Crippen LogP contribution in [-0.4, -0.2) is 39.0 Å². The monoisotopic (exact) mass is 378 g/mol. The molecule has 0 aliphatic carbocycles. The predicted molar refractivity (Wildman–Crippen MR) is 88.7 cm³/mol. The van der Waals surface area contributed by atoms with Crippen molar-refractivity contribution in [2.45, 2.75) is 37.6 Å². The molecule has 0 aliphatic rings. The van der Waals surface area contributed by atoms with Crippen molar-refractivity contribution in [3.05, 3.63) is 22.7 Å². The molecule has 0 fully saturated rings. The Hall–Kier alpha value is -0.630. The molecule has 0 aromatic heterocycles. The van der Waals surface area contributed by atoms with E-state index in [0.29, 0.717) is 23.3 Å². The Morgan fingerprint density at radius 3 is 2.48 bits per heavy atom.